The van der Waals surface area contributed by atoms with Gasteiger partial charge in [0.25, 0.3) is 0 Å². The molecule has 0 atom stereocenters. The van der Waals surface area contributed by atoms with Crippen LogP contribution in [0, 0.1) is 0 Å². The second kappa shape index (κ2) is 6.68. The maximum atomic E-state index is 4.76. The highest BCUT2D eigenvalue weighted by Crippen LogP contribution is 2.16. The molecular formula is C15H24N4. The van der Waals surface area contributed by atoms with Crippen LogP contribution in [0.4, 0.5) is 0 Å². The largest absolute Gasteiger partial charge is 0.327 e. The van der Waals surface area contributed by atoms with E-state index in [-0.39, 0.29) is 0 Å². The molecule has 1 heterocycles. The van der Waals surface area contributed by atoms with E-state index in [0.717, 1.165) is 37.5 Å². The first kappa shape index (κ1) is 14.0. The van der Waals surface area contributed by atoms with Gasteiger partial charge in [-0.1, -0.05) is 12.1 Å². The number of benzene rings is 1. The summed E-state index contributed by atoms with van der Waals surface area (Å²) in [6, 6.07) is 8.37. The third kappa shape index (κ3) is 3.33. The van der Waals surface area contributed by atoms with Crippen molar-refractivity contribution < 1.29 is 0 Å². The molecule has 2 rings (SSSR count). The van der Waals surface area contributed by atoms with Gasteiger partial charge >= 0.3 is 0 Å². The van der Waals surface area contributed by atoms with E-state index in [1.54, 1.807) is 0 Å². The lowest BCUT2D eigenvalue weighted by molar-refractivity contribution is 0.309. The fourth-order valence-corrected chi connectivity index (χ4v) is 2.45. The van der Waals surface area contributed by atoms with E-state index in [1.165, 1.54) is 11.9 Å². The van der Waals surface area contributed by atoms with Gasteiger partial charge in [0.1, 0.15) is 5.82 Å². The molecule has 1 aromatic carbocycles. The molecule has 0 radical (unpaired) electrons. The predicted octanol–water partition coefficient (Wildman–Crippen LogP) is 2.10. The minimum atomic E-state index is 0.909. The van der Waals surface area contributed by atoms with E-state index in [2.05, 4.69) is 53.0 Å². The molecule has 0 saturated carbocycles. The number of aryl methyl sites for hydroxylation is 1. The molecule has 0 unspecified atom stereocenters. The van der Waals surface area contributed by atoms with Crippen molar-refractivity contribution in [1.29, 1.82) is 0 Å². The van der Waals surface area contributed by atoms with Crippen LogP contribution in [0.2, 0.25) is 0 Å². The summed E-state index contributed by atoms with van der Waals surface area (Å²) in [4.78, 5) is 7.10. The Bertz CT molecular complexity index is 518. The van der Waals surface area contributed by atoms with Crippen molar-refractivity contribution in [3.05, 3.63) is 30.1 Å². The second-order valence-corrected chi connectivity index (χ2v) is 4.96. The highest BCUT2D eigenvalue weighted by molar-refractivity contribution is 5.75. The molecular weight excluding hydrogens is 236 g/mol. The smallest absolute Gasteiger partial charge is 0.124 e. The second-order valence-electron chi connectivity index (χ2n) is 4.96. The average molecular weight is 260 g/mol. The minimum Gasteiger partial charge on any atom is -0.327 e. The van der Waals surface area contributed by atoms with Gasteiger partial charge in [0.2, 0.25) is 0 Å². The summed E-state index contributed by atoms with van der Waals surface area (Å²) in [6.45, 7) is 6.22. The van der Waals surface area contributed by atoms with E-state index in [0.29, 0.717) is 0 Å². The van der Waals surface area contributed by atoms with Crippen LogP contribution in [0.5, 0.6) is 0 Å². The molecule has 0 aliphatic rings. The molecule has 0 spiro atoms. The van der Waals surface area contributed by atoms with E-state index in [9.17, 15) is 0 Å². The zero-order chi connectivity index (χ0) is 13.7. The molecule has 1 N–H and O–H groups in total. The van der Waals surface area contributed by atoms with Crippen molar-refractivity contribution in [2.75, 3.05) is 27.2 Å². The third-order valence-electron chi connectivity index (χ3n) is 3.43. The zero-order valence-electron chi connectivity index (χ0n) is 12.2. The fourth-order valence-electron chi connectivity index (χ4n) is 2.45. The molecule has 1 aromatic heterocycles. The number of hydrogen-bond donors (Lipinski definition) is 1. The first-order valence-electron chi connectivity index (χ1n) is 7.03. The van der Waals surface area contributed by atoms with E-state index >= 15 is 0 Å². The van der Waals surface area contributed by atoms with Crippen molar-refractivity contribution in [1.82, 2.24) is 19.8 Å². The minimum absolute atomic E-state index is 0.909. The van der Waals surface area contributed by atoms with Crippen LogP contribution < -0.4 is 5.32 Å². The SMILES string of the molecule is CCn1c(CN(C)CCCNC)nc2ccccc21. The first-order chi connectivity index (χ1) is 9.26. The first-order valence-corrected chi connectivity index (χ1v) is 7.03. The number of aromatic nitrogens is 2. The van der Waals surface area contributed by atoms with E-state index in [1.807, 2.05) is 7.05 Å². The quantitative estimate of drug-likeness (QED) is 0.774. The summed E-state index contributed by atoms with van der Waals surface area (Å²) in [5.74, 6) is 1.16. The lowest BCUT2D eigenvalue weighted by Crippen LogP contribution is -2.24. The molecule has 0 saturated heterocycles. The molecule has 4 heteroatoms. The Labute approximate surface area is 115 Å². The van der Waals surface area contributed by atoms with Gasteiger partial charge in [-0.05, 0) is 52.7 Å². The number of nitrogens with one attached hydrogen (secondary N) is 1. The van der Waals surface area contributed by atoms with Crippen molar-refractivity contribution in [3.8, 4) is 0 Å². The van der Waals surface area contributed by atoms with Crippen LogP contribution in [-0.4, -0.2) is 41.6 Å². The summed E-state index contributed by atoms with van der Waals surface area (Å²) >= 11 is 0. The van der Waals surface area contributed by atoms with Gasteiger partial charge in [-0.25, -0.2) is 4.98 Å². The Balaban J connectivity index is 2.11. The molecule has 4 nitrogen and oxygen atoms in total. The molecule has 104 valence electrons. The van der Waals surface area contributed by atoms with Gasteiger partial charge in [-0.2, -0.15) is 0 Å². The highest BCUT2D eigenvalue weighted by atomic mass is 15.2. The number of fused-ring (bicyclic) bond motifs is 1. The lowest BCUT2D eigenvalue weighted by atomic mass is 10.3. The summed E-state index contributed by atoms with van der Waals surface area (Å²) in [6.07, 6.45) is 1.17. The molecule has 0 aliphatic carbocycles. The van der Waals surface area contributed by atoms with Crippen LogP contribution >= 0.6 is 0 Å². The van der Waals surface area contributed by atoms with Gasteiger partial charge in [0.15, 0.2) is 0 Å². The monoisotopic (exact) mass is 260 g/mol. The van der Waals surface area contributed by atoms with Crippen molar-refractivity contribution >= 4 is 11.0 Å². The molecule has 0 aliphatic heterocycles. The number of para-hydroxylation sites is 2. The van der Waals surface area contributed by atoms with Gasteiger partial charge in [-0.15, -0.1) is 0 Å². The molecule has 0 amide bonds. The maximum absolute atomic E-state index is 4.76. The van der Waals surface area contributed by atoms with Gasteiger partial charge in [0.05, 0.1) is 17.6 Å². The van der Waals surface area contributed by atoms with Gasteiger partial charge < -0.3 is 9.88 Å². The number of nitrogens with zero attached hydrogens (tertiary/aromatic N) is 3. The van der Waals surface area contributed by atoms with Crippen LogP contribution in [0.3, 0.4) is 0 Å². The summed E-state index contributed by atoms with van der Waals surface area (Å²) in [5, 5.41) is 3.18. The van der Waals surface area contributed by atoms with E-state index in [4.69, 9.17) is 4.98 Å². The number of imidazole rings is 1. The topological polar surface area (TPSA) is 33.1 Å². The molecule has 2 aromatic rings. The average Bonchev–Trinajstić information content (AvgIpc) is 2.76. The summed E-state index contributed by atoms with van der Waals surface area (Å²) in [7, 11) is 4.16. The fraction of sp³-hybridized carbons (Fsp3) is 0.533. The maximum Gasteiger partial charge on any atom is 0.124 e. The van der Waals surface area contributed by atoms with Crippen molar-refractivity contribution in [2.24, 2.45) is 0 Å². The predicted molar refractivity (Wildman–Crippen MR) is 80.3 cm³/mol. The van der Waals surface area contributed by atoms with Crippen LogP contribution in [0.15, 0.2) is 24.3 Å². The summed E-state index contributed by atoms with van der Waals surface area (Å²) < 4.78 is 2.31. The Morgan fingerprint density at radius 2 is 2.11 bits per heavy atom. The normalized spacial score (nSPS) is 11.6. The standard InChI is InChI=1S/C15H24N4/c1-4-19-14-9-6-5-8-13(14)17-15(19)12-18(3)11-7-10-16-2/h5-6,8-9,16H,4,7,10-12H2,1-3H3. The van der Waals surface area contributed by atoms with E-state index < -0.39 is 0 Å². The third-order valence-corrected chi connectivity index (χ3v) is 3.43. The van der Waals surface area contributed by atoms with Crippen LogP contribution in [0.25, 0.3) is 11.0 Å². The summed E-state index contributed by atoms with van der Waals surface area (Å²) in [5.41, 5.74) is 2.34. The number of hydrogen-bond acceptors (Lipinski definition) is 3. The van der Waals surface area contributed by atoms with Crippen molar-refractivity contribution in [2.45, 2.75) is 26.4 Å². The Morgan fingerprint density at radius 3 is 2.84 bits per heavy atom. The Morgan fingerprint density at radius 1 is 1.32 bits per heavy atom. The Hall–Kier alpha value is -1.39. The van der Waals surface area contributed by atoms with Crippen molar-refractivity contribution in [3.63, 3.8) is 0 Å². The van der Waals surface area contributed by atoms with Crippen LogP contribution in [0.1, 0.15) is 19.2 Å². The van der Waals surface area contributed by atoms with Gasteiger partial charge in [0, 0.05) is 6.54 Å². The lowest BCUT2D eigenvalue weighted by Gasteiger charge is -2.16. The molecule has 19 heavy (non-hydrogen) atoms. The molecule has 0 bridgehead atoms. The Kier molecular flexibility index (Phi) is 4.93. The number of rotatable bonds is 7. The zero-order valence-corrected chi connectivity index (χ0v) is 12.2. The van der Waals surface area contributed by atoms with Crippen LogP contribution in [-0.2, 0) is 13.1 Å². The highest BCUT2D eigenvalue weighted by Gasteiger charge is 2.10. The van der Waals surface area contributed by atoms with Gasteiger partial charge in [-0.3, -0.25) is 4.90 Å². The molecule has 0 fully saturated rings.